The van der Waals surface area contributed by atoms with Crippen molar-refractivity contribution in [1.29, 1.82) is 0 Å². The summed E-state index contributed by atoms with van der Waals surface area (Å²) in [4.78, 5) is 51.4. The predicted octanol–water partition coefficient (Wildman–Crippen LogP) is 5.00. The van der Waals surface area contributed by atoms with E-state index in [1.54, 1.807) is 36.4 Å². The van der Waals surface area contributed by atoms with E-state index < -0.39 is 23.6 Å². The average molecular weight is 546 g/mol. The van der Waals surface area contributed by atoms with Crippen molar-refractivity contribution >= 4 is 52.2 Å². The number of thioether (sulfide) groups is 1. The molecule has 10 heteroatoms. The van der Waals surface area contributed by atoms with Crippen LogP contribution >= 0.6 is 11.8 Å². The zero-order valence-electron chi connectivity index (χ0n) is 21.6. The highest BCUT2D eigenvalue weighted by Crippen LogP contribution is 2.34. The van der Waals surface area contributed by atoms with Gasteiger partial charge in [0, 0.05) is 11.4 Å². The van der Waals surface area contributed by atoms with Crippen LogP contribution in [0, 0.1) is 13.8 Å². The molecule has 1 saturated heterocycles. The van der Waals surface area contributed by atoms with Crippen LogP contribution in [0.3, 0.4) is 0 Å². The quantitative estimate of drug-likeness (QED) is 0.364. The fraction of sp³-hybridized carbons (Fsp3) is 0.172. The minimum atomic E-state index is -0.557. The van der Waals surface area contributed by atoms with Crippen LogP contribution < -0.4 is 20.1 Å². The Morgan fingerprint density at radius 2 is 1.62 bits per heavy atom. The summed E-state index contributed by atoms with van der Waals surface area (Å²) in [6.07, 6.45) is 1.54. The zero-order chi connectivity index (χ0) is 27.9. The fourth-order valence-corrected chi connectivity index (χ4v) is 4.72. The van der Waals surface area contributed by atoms with E-state index in [9.17, 15) is 19.2 Å². The standard InChI is InChI=1S/C29H27N3O6S/c1-18-8-7-9-19(2)27(18)31-25(33)16-32-28(35)24(39-29(32)36)15-20-12-13-22(23(14-20)37-3)38-17-26(34)30-21-10-5-4-6-11-21/h4-15H,16-17H2,1-3H3,(H,30,34)(H,31,33)/b24-15-. The molecule has 0 atom stereocenters. The van der Waals surface area contributed by atoms with E-state index in [1.807, 2.05) is 50.2 Å². The Bertz CT molecular complexity index is 1430. The van der Waals surface area contributed by atoms with Gasteiger partial charge in [0.2, 0.25) is 5.91 Å². The topological polar surface area (TPSA) is 114 Å². The lowest BCUT2D eigenvalue weighted by molar-refractivity contribution is -0.127. The number of carbonyl (C=O) groups excluding carboxylic acids is 4. The number of amides is 4. The molecule has 39 heavy (non-hydrogen) atoms. The number of ether oxygens (including phenoxy) is 2. The number of aryl methyl sites for hydroxylation is 2. The number of nitrogens with one attached hydrogen (secondary N) is 2. The number of hydrogen-bond acceptors (Lipinski definition) is 7. The molecule has 3 aromatic rings. The maximum absolute atomic E-state index is 12.9. The van der Waals surface area contributed by atoms with E-state index in [-0.39, 0.29) is 17.4 Å². The Labute approximate surface area is 230 Å². The third kappa shape index (κ3) is 6.85. The van der Waals surface area contributed by atoms with Crippen molar-refractivity contribution in [3.8, 4) is 11.5 Å². The number of hydrogen-bond donors (Lipinski definition) is 2. The first-order chi connectivity index (χ1) is 18.7. The molecule has 0 spiro atoms. The second-order valence-electron chi connectivity index (χ2n) is 8.70. The number of methoxy groups -OCH3 is 1. The minimum absolute atomic E-state index is 0.179. The summed E-state index contributed by atoms with van der Waals surface area (Å²) in [5.41, 5.74) is 3.67. The lowest BCUT2D eigenvalue weighted by atomic mass is 10.1. The predicted molar refractivity (Wildman–Crippen MR) is 151 cm³/mol. The Balaban J connectivity index is 1.39. The summed E-state index contributed by atoms with van der Waals surface area (Å²) >= 11 is 0.757. The fourth-order valence-electron chi connectivity index (χ4n) is 3.88. The summed E-state index contributed by atoms with van der Waals surface area (Å²) in [7, 11) is 1.46. The SMILES string of the molecule is COc1cc(/C=C2\SC(=O)N(CC(=O)Nc3c(C)cccc3C)C2=O)ccc1OCC(=O)Nc1ccccc1. The van der Waals surface area contributed by atoms with Gasteiger partial charge in [-0.1, -0.05) is 42.5 Å². The molecule has 9 nitrogen and oxygen atoms in total. The van der Waals surface area contributed by atoms with Crippen molar-refractivity contribution in [1.82, 2.24) is 4.90 Å². The van der Waals surface area contributed by atoms with E-state index in [4.69, 9.17) is 9.47 Å². The monoisotopic (exact) mass is 545 g/mol. The van der Waals surface area contributed by atoms with E-state index in [0.717, 1.165) is 27.8 Å². The number of benzene rings is 3. The summed E-state index contributed by atoms with van der Waals surface area (Å²) in [5.74, 6) is -0.658. The number of nitrogens with zero attached hydrogens (tertiary/aromatic N) is 1. The van der Waals surface area contributed by atoms with Crippen LogP contribution in [0.4, 0.5) is 16.2 Å². The van der Waals surface area contributed by atoms with Crippen LogP contribution in [0.2, 0.25) is 0 Å². The second-order valence-corrected chi connectivity index (χ2v) is 9.69. The highest BCUT2D eigenvalue weighted by atomic mass is 32.2. The molecule has 3 aromatic carbocycles. The van der Waals surface area contributed by atoms with Crippen molar-refractivity contribution in [3.05, 3.63) is 88.3 Å². The van der Waals surface area contributed by atoms with Gasteiger partial charge in [0.05, 0.1) is 12.0 Å². The maximum atomic E-state index is 12.9. The second kappa shape index (κ2) is 12.3. The lowest BCUT2D eigenvalue weighted by Gasteiger charge is -2.15. The highest BCUT2D eigenvalue weighted by Gasteiger charge is 2.36. The normalized spacial score (nSPS) is 13.9. The van der Waals surface area contributed by atoms with Gasteiger partial charge in [0.25, 0.3) is 17.1 Å². The Morgan fingerprint density at radius 3 is 2.31 bits per heavy atom. The molecule has 200 valence electrons. The van der Waals surface area contributed by atoms with Crippen LogP contribution in [-0.2, 0) is 14.4 Å². The van der Waals surface area contributed by atoms with Crippen LogP contribution in [-0.4, -0.2) is 48.1 Å². The van der Waals surface area contributed by atoms with E-state index >= 15 is 0 Å². The number of imide groups is 1. The smallest absolute Gasteiger partial charge is 0.294 e. The molecule has 0 unspecified atom stereocenters. The van der Waals surface area contributed by atoms with Crippen molar-refractivity contribution in [3.63, 3.8) is 0 Å². The summed E-state index contributed by atoms with van der Waals surface area (Å²) in [6.45, 7) is 3.12. The number of carbonyl (C=O) groups is 4. The van der Waals surface area contributed by atoms with Gasteiger partial charge >= 0.3 is 0 Å². The minimum Gasteiger partial charge on any atom is -0.493 e. The molecule has 4 amide bonds. The molecule has 0 aromatic heterocycles. The van der Waals surface area contributed by atoms with Gasteiger partial charge in [-0.05, 0) is 72.6 Å². The molecule has 1 fully saturated rings. The van der Waals surface area contributed by atoms with Crippen LogP contribution in [0.1, 0.15) is 16.7 Å². The molecule has 0 saturated carbocycles. The summed E-state index contributed by atoms with van der Waals surface area (Å²) < 4.78 is 11.0. The van der Waals surface area contributed by atoms with Crippen molar-refractivity contribution in [2.75, 3.05) is 30.9 Å². The molecule has 0 radical (unpaired) electrons. The van der Waals surface area contributed by atoms with Gasteiger partial charge in [0.1, 0.15) is 6.54 Å². The average Bonchev–Trinajstić information content (AvgIpc) is 3.17. The van der Waals surface area contributed by atoms with Crippen molar-refractivity contribution in [2.24, 2.45) is 0 Å². The summed E-state index contributed by atoms with van der Waals surface area (Å²) in [5, 5.41) is 5.00. The molecule has 1 aliphatic heterocycles. The molecule has 2 N–H and O–H groups in total. The van der Waals surface area contributed by atoms with Crippen LogP contribution in [0.25, 0.3) is 6.08 Å². The molecule has 0 bridgehead atoms. The van der Waals surface area contributed by atoms with Gasteiger partial charge in [-0.2, -0.15) is 0 Å². The van der Waals surface area contributed by atoms with Crippen LogP contribution in [0.15, 0.2) is 71.6 Å². The molecular formula is C29H27N3O6S. The lowest BCUT2D eigenvalue weighted by Crippen LogP contribution is -2.36. The van der Waals surface area contributed by atoms with Crippen molar-refractivity contribution < 1.29 is 28.7 Å². The molecule has 1 heterocycles. The van der Waals surface area contributed by atoms with Gasteiger partial charge in [0.15, 0.2) is 18.1 Å². The first-order valence-electron chi connectivity index (χ1n) is 12.0. The number of rotatable bonds is 9. The van der Waals surface area contributed by atoms with E-state index in [2.05, 4.69) is 10.6 Å². The number of para-hydroxylation sites is 2. The Hall–Kier alpha value is -4.57. The third-order valence-electron chi connectivity index (χ3n) is 5.82. The third-order valence-corrected chi connectivity index (χ3v) is 6.73. The zero-order valence-corrected chi connectivity index (χ0v) is 22.5. The van der Waals surface area contributed by atoms with Gasteiger partial charge in [-0.25, -0.2) is 0 Å². The maximum Gasteiger partial charge on any atom is 0.294 e. The Kier molecular flexibility index (Phi) is 8.67. The molecule has 1 aliphatic rings. The molecule has 0 aliphatic carbocycles. The Morgan fingerprint density at radius 1 is 0.897 bits per heavy atom. The highest BCUT2D eigenvalue weighted by molar-refractivity contribution is 8.18. The number of anilines is 2. The summed E-state index contributed by atoms with van der Waals surface area (Å²) in [6, 6.07) is 19.6. The van der Waals surface area contributed by atoms with Crippen molar-refractivity contribution in [2.45, 2.75) is 13.8 Å². The van der Waals surface area contributed by atoms with E-state index in [0.29, 0.717) is 28.4 Å². The van der Waals surface area contributed by atoms with E-state index in [1.165, 1.54) is 7.11 Å². The molecular weight excluding hydrogens is 518 g/mol. The van der Waals surface area contributed by atoms with Gasteiger partial charge in [-0.15, -0.1) is 0 Å². The first kappa shape index (κ1) is 27.5. The van der Waals surface area contributed by atoms with Crippen LogP contribution in [0.5, 0.6) is 11.5 Å². The largest absolute Gasteiger partial charge is 0.493 e. The van der Waals surface area contributed by atoms with Gasteiger partial charge in [-0.3, -0.25) is 24.1 Å². The molecule has 4 rings (SSSR count). The first-order valence-corrected chi connectivity index (χ1v) is 12.8. The van der Waals surface area contributed by atoms with Gasteiger partial charge < -0.3 is 20.1 Å².